The first kappa shape index (κ1) is 25.3. The first-order chi connectivity index (χ1) is 17.2. The maximum absolute atomic E-state index is 14.1. The summed E-state index contributed by atoms with van der Waals surface area (Å²) >= 11 is 0. The van der Waals surface area contributed by atoms with Gasteiger partial charge < -0.3 is 9.47 Å². The number of pyridine rings is 1. The Morgan fingerprint density at radius 3 is 2.44 bits per heavy atom. The molecule has 0 aliphatic rings. The van der Waals surface area contributed by atoms with Crippen molar-refractivity contribution in [3.8, 4) is 23.1 Å². The van der Waals surface area contributed by atoms with Gasteiger partial charge in [-0.2, -0.15) is 0 Å². The van der Waals surface area contributed by atoms with Crippen molar-refractivity contribution in [2.45, 2.75) is 31.0 Å². The van der Waals surface area contributed by atoms with E-state index in [1.165, 1.54) is 43.9 Å². The third kappa shape index (κ3) is 5.24. The Kier molecular flexibility index (Phi) is 7.36. The second-order valence-electron chi connectivity index (χ2n) is 8.11. The number of benzene rings is 1. The van der Waals surface area contributed by atoms with E-state index in [1.54, 1.807) is 36.7 Å². The van der Waals surface area contributed by atoms with Crippen molar-refractivity contribution in [1.82, 2.24) is 29.7 Å². The molecule has 0 bridgehead atoms. The number of hydrogen-bond acceptors (Lipinski definition) is 9. The number of sulfone groups is 1. The van der Waals surface area contributed by atoms with E-state index in [4.69, 9.17) is 9.47 Å². The summed E-state index contributed by atoms with van der Waals surface area (Å²) in [6.45, 7) is 3.36. The normalized spacial score (nSPS) is 13.4. The molecule has 1 aromatic carbocycles. The molecule has 0 saturated heterocycles. The van der Waals surface area contributed by atoms with Crippen LogP contribution in [0.3, 0.4) is 0 Å². The number of aromatic nitrogens is 6. The largest absolute Gasteiger partial charge is 0.481 e. The fraction of sp³-hybridized carbons (Fsp3) is 0.292. The third-order valence-electron chi connectivity index (χ3n) is 5.59. The van der Waals surface area contributed by atoms with Gasteiger partial charge in [-0.25, -0.2) is 27.8 Å². The Bertz CT molecular complexity index is 1460. The molecule has 4 aromatic rings. The molecule has 0 saturated carbocycles. The van der Waals surface area contributed by atoms with Gasteiger partial charge in [0.1, 0.15) is 23.4 Å². The number of methoxy groups -OCH3 is 2. The van der Waals surface area contributed by atoms with Crippen molar-refractivity contribution >= 4 is 9.84 Å². The molecule has 2 atom stereocenters. The van der Waals surface area contributed by atoms with E-state index in [9.17, 15) is 12.8 Å². The van der Waals surface area contributed by atoms with E-state index in [0.717, 1.165) is 5.56 Å². The van der Waals surface area contributed by atoms with Crippen LogP contribution in [0.15, 0.2) is 54.9 Å². The zero-order chi connectivity index (χ0) is 25.9. The molecule has 3 aromatic heterocycles. The van der Waals surface area contributed by atoms with Crippen LogP contribution in [0.2, 0.25) is 0 Å². The number of ether oxygens (including phenoxy) is 2. The summed E-state index contributed by atoms with van der Waals surface area (Å²) in [5, 5.41) is 7.33. The number of hydrogen-bond donors (Lipinski definition) is 0. The van der Waals surface area contributed by atoms with Gasteiger partial charge in [-0.3, -0.25) is 4.57 Å². The average Bonchev–Trinajstić information content (AvgIpc) is 3.28. The number of nitrogens with zero attached hydrogens (tertiary/aromatic N) is 6. The van der Waals surface area contributed by atoms with Crippen LogP contribution in [-0.4, -0.2) is 57.6 Å². The second kappa shape index (κ2) is 10.5. The molecule has 36 heavy (non-hydrogen) atoms. The lowest BCUT2D eigenvalue weighted by Gasteiger charge is -2.21. The van der Waals surface area contributed by atoms with Gasteiger partial charge >= 0.3 is 0 Å². The van der Waals surface area contributed by atoms with Crippen molar-refractivity contribution in [2.24, 2.45) is 0 Å². The summed E-state index contributed by atoms with van der Waals surface area (Å²) in [5.74, 6) is -0.0665. The predicted molar refractivity (Wildman–Crippen MR) is 130 cm³/mol. The molecule has 3 heterocycles. The summed E-state index contributed by atoms with van der Waals surface area (Å²) < 4.78 is 53.3. The zero-order valence-electron chi connectivity index (χ0n) is 20.2. The Morgan fingerprint density at radius 2 is 1.78 bits per heavy atom. The summed E-state index contributed by atoms with van der Waals surface area (Å²) in [7, 11) is -0.989. The molecule has 0 amide bonds. The van der Waals surface area contributed by atoms with Gasteiger partial charge in [-0.15, -0.1) is 10.2 Å². The number of halogens is 1. The van der Waals surface area contributed by atoms with Crippen molar-refractivity contribution in [1.29, 1.82) is 0 Å². The molecule has 188 valence electrons. The molecule has 0 aliphatic carbocycles. The second-order valence-corrected chi connectivity index (χ2v) is 10.5. The molecule has 0 fully saturated rings. The maximum atomic E-state index is 14.1. The van der Waals surface area contributed by atoms with E-state index in [1.807, 2.05) is 6.92 Å². The Labute approximate surface area is 208 Å². The quantitative estimate of drug-likeness (QED) is 0.332. The number of aryl methyl sites for hydroxylation is 1. The predicted octanol–water partition coefficient (Wildman–Crippen LogP) is 3.27. The molecule has 0 aliphatic heterocycles. The highest BCUT2D eigenvalue weighted by molar-refractivity contribution is 7.91. The first-order valence-corrected chi connectivity index (χ1v) is 12.7. The van der Waals surface area contributed by atoms with Crippen LogP contribution in [0.5, 0.6) is 5.88 Å². The fourth-order valence-corrected chi connectivity index (χ4v) is 5.09. The smallest absolute Gasteiger partial charge is 0.213 e. The molecule has 0 unspecified atom stereocenters. The molecular formula is C24H25FN6O4S. The van der Waals surface area contributed by atoms with Gasteiger partial charge in [0, 0.05) is 25.6 Å². The highest BCUT2D eigenvalue weighted by atomic mass is 32.2. The minimum absolute atomic E-state index is 0.0896. The standard InChI is InChI=1S/C24H25FN6O4S/c1-15-12-26-23(27-13-15)22(35-4)16(2)36(32,33)14-20-29-30-24(19-9-6-10-21(28-19)34-3)31(20)18-8-5-7-17(25)11-18/h5-13,16,22H,14H2,1-4H3/t16-,22-/m0/s1. The monoisotopic (exact) mass is 512 g/mol. The maximum Gasteiger partial charge on any atom is 0.213 e. The number of rotatable bonds is 9. The summed E-state index contributed by atoms with van der Waals surface area (Å²) in [6, 6.07) is 10.8. The Hall–Kier alpha value is -3.77. The van der Waals surface area contributed by atoms with Crippen molar-refractivity contribution < 1.29 is 22.3 Å². The van der Waals surface area contributed by atoms with Crippen LogP contribution in [0.4, 0.5) is 4.39 Å². The fourth-order valence-electron chi connectivity index (χ4n) is 3.67. The summed E-state index contributed by atoms with van der Waals surface area (Å²) in [4.78, 5) is 12.8. The van der Waals surface area contributed by atoms with Crippen LogP contribution in [0.25, 0.3) is 17.2 Å². The minimum atomic E-state index is -3.87. The van der Waals surface area contributed by atoms with E-state index in [0.29, 0.717) is 17.3 Å². The van der Waals surface area contributed by atoms with Gasteiger partial charge in [-0.1, -0.05) is 12.1 Å². The Balaban J connectivity index is 1.76. The van der Waals surface area contributed by atoms with Crippen LogP contribution >= 0.6 is 0 Å². The summed E-state index contributed by atoms with van der Waals surface area (Å²) in [5.41, 5.74) is 1.57. The average molecular weight is 513 g/mol. The van der Waals surface area contributed by atoms with Crippen LogP contribution in [0, 0.1) is 12.7 Å². The molecular weight excluding hydrogens is 487 g/mol. The van der Waals surface area contributed by atoms with Gasteiger partial charge in [0.2, 0.25) is 5.88 Å². The van der Waals surface area contributed by atoms with E-state index >= 15 is 0 Å². The lowest BCUT2D eigenvalue weighted by atomic mass is 10.2. The zero-order valence-corrected chi connectivity index (χ0v) is 21.0. The summed E-state index contributed by atoms with van der Waals surface area (Å²) in [6.07, 6.45) is 2.30. The topological polar surface area (TPSA) is 122 Å². The van der Waals surface area contributed by atoms with Crippen LogP contribution in [0.1, 0.15) is 30.2 Å². The third-order valence-corrected chi connectivity index (χ3v) is 7.63. The SMILES string of the molecule is COc1cccc(-c2nnc(CS(=O)(=O)[C@@H](C)[C@H](OC)c3ncc(C)cn3)n2-c2cccc(F)c2)n1. The molecule has 0 N–H and O–H groups in total. The van der Waals surface area contributed by atoms with Gasteiger partial charge in [-0.05, 0) is 43.7 Å². The van der Waals surface area contributed by atoms with Crippen LogP contribution < -0.4 is 4.74 Å². The molecule has 12 heteroatoms. The lowest BCUT2D eigenvalue weighted by molar-refractivity contribution is 0.0947. The van der Waals surface area contributed by atoms with Crippen molar-refractivity contribution in [2.75, 3.05) is 14.2 Å². The minimum Gasteiger partial charge on any atom is -0.481 e. The molecule has 10 nitrogen and oxygen atoms in total. The molecule has 4 rings (SSSR count). The Morgan fingerprint density at radius 1 is 1.06 bits per heavy atom. The van der Waals surface area contributed by atoms with E-state index in [2.05, 4.69) is 25.1 Å². The van der Waals surface area contributed by atoms with Gasteiger partial charge in [0.05, 0.1) is 18.0 Å². The van der Waals surface area contributed by atoms with E-state index < -0.39 is 32.8 Å². The molecule has 0 spiro atoms. The van der Waals surface area contributed by atoms with E-state index in [-0.39, 0.29) is 17.5 Å². The highest BCUT2D eigenvalue weighted by Crippen LogP contribution is 2.28. The lowest BCUT2D eigenvalue weighted by Crippen LogP contribution is -2.30. The highest BCUT2D eigenvalue weighted by Gasteiger charge is 2.34. The van der Waals surface area contributed by atoms with Crippen molar-refractivity contribution in [3.63, 3.8) is 0 Å². The van der Waals surface area contributed by atoms with Crippen LogP contribution in [-0.2, 0) is 20.3 Å². The van der Waals surface area contributed by atoms with Crippen molar-refractivity contribution in [3.05, 3.63) is 77.9 Å². The van der Waals surface area contributed by atoms with Gasteiger partial charge in [0.15, 0.2) is 27.3 Å². The molecule has 0 radical (unpaired) electrons. The van der Waals surface area contributed by atoms with Gasteiger partial charge in [0.25, 0.3) is 0 Å². The first-order valence-electron chi connectivity index (χ1n) is 11.0.